The van der Waals surface area contributed by atoms with Gasteiger partial charge in [-0.1, -0.05) is 18.0 Å². The van der Waals surface area contributed by atoms with E-state index in [1.54, 1.807) is 0 Å². The SMILES string of the molecule is O=C(c1ccc(Cl)c(S(=O)(=O)N2CCCCC2)c1)N1CCC[C@@H](C(F)(F)F)C1. The maximum atomic E-state index is 13.0. The molecule has 2 aliphatic heterocycles. The Labute approximate surface area is 167 Å². The molecule has 2 fully saturated rings. The van der Waals surface area contributed by atoms with Crippen molar-refractivity contribution in [2.75, 3.05) is 26.2 Å². The van der Waals surface area contributed by atoms with Crippen molar-refractivity contribution < 1.29 is 26.4 Å². The summed E-state index contributed by atoms with van der Waals surface area (Å²) < 4.78 is 66.2. The molecule has 0 aliphatic carbocycles. The summed E-state index contributed by atoms with van der Waals surface area (Å²) >= 11 is 6.09. The Bertz CT molecular complexity index is 839. The molecule has 0 aromatic heterocycles. The van der Waals surface area contributed by atoms with Crippen LogP contribution in [0.3, 0.4) is 0 Å². The van der Waals surface area contributed by atoms with E-state index in [9.17, 15) is 26.4 Å². The predicted octanol–water partition coefficient (Wildman–Crippen LogP) is 3.93. The minimum atomic E-state index is -4.36. The van der Waals surface area contributed by atoms with Crippen LogP contribution in [0.4, 0.5) is 13.2 Å². The first-order valence-electron chi connectivity index (χ1n) is 9.26. The van der Waals surface area contributed by atoms with E-state index in [0.29, 0.717) is 13.1 Å². The number of nitrogens with zero attached hydrogens (tertiary/aromatic N) is 2. The summed E-state index contributed by atoms with van der Waals surface area (Å²) in [5, 5.41) is -0.00562. The average molecular weight is 439 g/mol. The van der Waals surface area contributed by atoms with Gasteiger partial charge in [0, 0.05) is 31.7 Å². The monoisotopic (exact) mass is 438 g/mol. The lowest BCUT2D eigenvalue weighted by Crippen LogP contribution is -2.44. The summed E-state index contributed by atoms with van der Waals surface area (Å²) in [6.07, 6.45) is -1.66. The number of hydrogen-bond donors (Lipinski definition) is 0. The molecule has 0 bridgehead atoms. The van der Waals surface area contributed by atoms with Crippen LogP contribution in [-0.2, 0) is 10.0 Å². The Kier molecular flexibility index (Phi) is 6.26. The third kappa shape index (κ3) is 4.46. The highest BCUT2D eigenvalue weighted by Gasteiger charge is 2.43. The number of sulfonamides is 1. The molecule has 1 atom stereocenters. The zero-order valence-electron chi connectivity index (χ0n) is 15.2. The lowest BCUT2D eigenvalue weighted by molar-refractivity contribution is -0.184. The van der Waals surface area contributed by atoms with Crippen LogP contribution in [0.25, 0.3) is 0 Å². The van der Waals surface area contributed by atoms with E-state index in [-0.39, 0.29) is 34.9 Å². The van der Waals surface area contributed by atoms with Crippen LogP contribution < -0.4 is 0 Å². The highest BCUT2D eigenvalue weighted by atomic mass is 35.5. The topological polar surface area (TPSA) is 57.7 Å². The molecule has 1 aromatic rings. The fourth-order valence-electron chi connectivity index (χ4n) is 3.69. The number of hydrogen-bond acceptors (Lipinski definition) is 3. The Morgan fingerprint density at radius 2 is 1.75 bits per heavy atom. The number of alkyl halides is 3. The Hall–Kier alpha value is -1.32. The molecule has 0 spiro atoms. The van der Waals surface area contributed by atoms with E-state index in [1.807, 2.05) is 0 Å². The van der Waals surface area contributed by atoms with E-state index < -0.39 is 34.6 Å². The molecule has 10 heteroatoms. The summed E-state index contributed by atoms with van der Waals surface area (Å²) in [5.74, 6) is -2.17. The van der Waals surface area contributed by atoms with E-state index >= 15 is 0 Å². The van der Waals surface area contributed by atoms with Gasteiger partial charge < -0.3 is 4.90 Å². The standard InChI is InChI=1S/C18H22ClF3N2O3S/c19-15-7-6-13(11-16(15)28(26,27)24-9-2-1-3-10-24)17(25)23-8-4-5-14(12-23)18(20,21)22/h6-7,11,14H,1-5,8-10,12H2/t14-/m1/s1. The maximum absolute atomic E-state index is 13.0. The van der Waals surface area contributed by atoms with E-state index in [1.165, 1.54) is 22.5 Å². The summed E-state index contributed by atoms with van der Waals surface area (Å²) in [4.78, 5) is 13.7. The number of carbonyl (C=O) groups excluding carboxylic acids is 1. The van der Waals surface area contributed by atoms with Crippen molar-refractivity contribution in [1.82, 2.24) is 9.21 Å². The number of halogens is 4. The first-order valence-corrected chi connectivity index (χ1v) is 11.1. The molecule has 2 saturated heterocycles. The quantitative estimate of drug-likeness (QED) is 0.718. The Morgan fingerprint density at radius 3 is 2.39 bits per heavy atom. The molecule has 28 heavy (non-hydrogen) atoms. The van der Waals surface area contributed by atoms with Gasteiger partial charge in [0.05, 0.1) is 10.9 Å². The highest BCUT2D eigenvalue weighted by molar-refractivity contribution is 7.89. The largest absolute Gasteiger partial charge is 0.393 e. The normalized spacial score (nSPS) is 22.3. The minimum Gasteiger partial charge on any atom is -0.338 e. The number of likely N-dealkylation sites (tertiary alicyclic amines) is 1. The molecule has 1 amide bonds. The van der Waals surface area contributed by atoms with Crippen molar-refractivity contribution in [3.8, 4) is 0 Å². The molecule has 1 aromatic carbocycles. The van der Waals surface area contributed by atoms with Gasteiger partial charge in [-0.3, -0.25) is 4.79 Å². The van der Waals surface area contributed by atoms with Crippen molar-refractivity contribution in [3.05, 3.63) is 28.8 Å². The van der Waals surface area contributed by atoms with Crippen molar-refractivity contribution in [2.45, 2.75) is 43.2 Å². The van der Waals surface area contributed by atoms with Crippen LogP contribution >= 0.6 is 11.6 Å². The fourth-order valence-corrected chi connectivity index (χ4v) is 5.71. The van der Waals surface area contributed by atoms with Crippen LogP contribution in [-0.4, -0.2) is 55.9 Å². The molecular weight excluding hydrogens is 417 g/mol. The first kappa shape index (κ1) is 21.4. The highest BCUT2D eigenvalue weighted by Crippen LogP contribution is 2.34. The first-order chi connectivity index (χ1) is 13.1. The van der Waals surface area contributed by atoms with Crippen LogP contribution in [0.2, 0.25) is 5.02 Å². The second-order valence-corrected chi connectivity index (χ2v) is 9.56. The minimum absolute atomic E-state index is 0.00562. The number of amides is 1. The number of benzene rings is 1. The molecular formula is C18H22ClF3N2O3S. The molecule has 0 unspecified atom stereocenters. The second kappa shape index (κ2) is 8.20. The van der Waals surface area contributed by atoms with Gasteiger partial charge in [-0.15, -0.1) is 0 Å². The lowest BCUT2D eigenvalue weighted by atomic mass is 9.97. The number of rotatable bonds is 3. The Morgan fingerprint density at radius 1 is 1.07 bits per heavy atom. The zero-order valence-corrected chi connectivity index (χ0v) is 16.8. The van der Waals surface area contributed by atoms with Gasteiger partial charge >= 0.3 is 6.18 Å². The molecule has 5 nitrogen and oxygen atoms in total. The Balaban J connectivity index is 1.85. The second-order valence-electron chi connectivity index (χ2n) is 7.24. The van der Waals surface area contributed by atoms with Crippen molar-refractivity contribution in [3.63, 3.8) is 0 Å². The van der Waals surface area contributed by atoms with E-state index in [2.05, 4.69) is 0 Å². The van der Waals surface area contributed by atoms with Crippen molar-refractivity contribution >= 4 is 27.5 Å². The third-order valence-electron chi connectivity index (χ3n) is 5.28. The van der Waals surface area contributed by atoms with Gasteiger partial charge in [0.15, 0.2) is 0 Å². The third-order valence-corrected chi connectivity index (χ3v) is 7.66. The summed E-state index contributed by atoms with van der Waals surface area (Å²) in [6, 6.07) is 3.86. The molecule has 0 N–H and O–H groups in total. The van der Waals surface area contributed by atoms with Gasteiger partial charge in [-0.05, 0) is 43.9 Å². The average Bonchev–Trinajstić information content (AvgIpc) is 2.68. The molecule has 3 rings (SSSR count). The summed E-state index contributed by atoms with van der Waals surface area (Å²) in [6.45, 7) is 0.563. The molecule has 2 heterocycles. The molecule has 0 radical (unpaired) electrons. The van der Waals surface area contributed by atoms with Crippen molar-refractivity contribution in [1.29, 1.82) is 0 Å². The molecule has 156 valence electrons. The van der Waals surface area contributed by atoms with Crippen LogP contribution in [0.15, 0.2) is 23.1 Å². The van der Waals surface area contributed by atoms with Crippen LogP contribution in [0.1, 0.15) is 42.5 Å². The summed E-state index contributed by atoms with van der Waals surface area (Å²) in [7, 11) is -3.86. The van der Waals surface area contributed by atoms with E-state index in [4.69, 9.17) is 11.6 Å². The van der Waals surface area contributed by atoms with Crippen LogP contribution in [0, 0.1) is 5.92 Å². The molecule has 2 aliphatic rings. The maximum Gasteiger partial charge on any atom is 0.393 e. The fraction of sp³-hybridized carbons (Fsp3) is 0.611. The molecule has 0 saturated carbocycles. The smallest absolute Gasteiger partial charge is 0.338 e. The van der Waals surface area contributed by atoms with Gasteiger partial charge in [0.25, 0.3) is 5.91 Å². The van der Waals surface area contributed by atoms with Crippen molar-refractivity contribution in [2.24, 2.45) is 5.92 Å². The summed E-state index contributed by atoms with van der Waals surface area (Å²) in [5.41, 5.74) is 0.0304. The van der Waals surface area contributed by atoms with E-state index in [0.717, 1.165) is 24.2 Å². The number of carbonyl (C=O) groups is 1. The lowest BCUT2D eigenvalue weighted by Gasteiger charge is -2.34. The zero-order chi connectivity index (χ0) is 20.5. The van der Waals surface area contributed by atoms with Gasteiger partial charge in [0.2, 0.25) is 10.0 Å². The number of piperidine rings is 2. The predicted molar refractivity (Wildman–Crippen MR) is 98.7 cm³/mol. The van der Waals surface area contributed by atoms with Gasteiger partial charge in [0.1, 0.15) is 4.90 Å². The van der Waals surface area contributed by atoms with Gasteiger partial charge in [-0.2, -0.15) is 17.5 Å². The van der Waals surface area contributed by atoms with Crippen LogP contribution in [0.5, 0.6) is 0 Å². The van der Waals surface area contributed by atoms with Gasteiger partial charge in [-0.25, -0.2) is 8.42 Å².